The van der Waals surface area contributed by atoms with E-state index in [1.807, 2.05) is 19.1 Å². The maximum absolute atomic E-state index is 12.6. The van der Waals surface area contributed by atoms with E-state index < -0.39 is 12.2 Å². The average molecular weight is 617 g/mol. The number of phenolic OH excluding ortho intramolecular Hbond substituents is 1. The molecular weight excluding hydrogens is 590 g/mol. The van der Waals surface area contributed by atoms with Crippen LogP contribution in [0.5, 0.6) is 5.75 Å². The minimum atomic E-state index is -0.712. The molecule has 5 N–H and O–H groups in total. The van der Waals surface area contributed by atoms with E-state index in [0.717, 1.165) is 10.0 Å². The zero-order valence-corrected chi connectivity index (χ0v) is 22.8. The van der Waals surface area contributed by atoms with Gasteiger partial charge in [-0.2, -0.15) is 0 Å². The van der Waals surface area contributed by atoms with E-state index >= 15 is 0 Å². The first kappa shape index (κ1) is 27.3. The lowest BCUT2D eigenvalue weighted by atomic mass is 10.0. The monoisotopic (exact) mass is 615 g/mol. The van der Waals surface area contributed by atoms with E-state index in [0.29, 0.717) is 46.4 Å². The van der Waals surface area contributed by atoms with Crippen LogP contribution in [0.3, 0.4) is 0 Å². The second kappa shape index (κ2) is 13.1. The Bertz CT molecular complexity index is 1250. The number of allylic oxidation sites excluding steroid dienone is 1. The smallest absolute Gasteiger partial charge is 0.412 e. The maximum atomic E-state index is 12.6. The Hall–Kier alpha value is -3.30. The lowest BCUT2D eigenvalue weighted by Gasteiger charge is -2.20. The first-order valence-electron chi connectivity index (χ1n) is 11.3. The number of hydrogen-bond acceptors (Lipinski definition) is 5. The normalized spacial score (nSPS) is 11.8. The number of carbonyl (C=O) groups excluding carboxylic acids is 2. The highest BCUT2D eigenvalue weighted by atomic mass is 79.9. The second-order valence-electron chi connectivity index (χ2n) is 8.12. The van der Waals surface area contributed by atoms with Crippen molar-refractivity contribution in [3.63, 3.8) is 0 Å². The maximum Gasteiger partial charge on any atom is 0.412 e. The van der Waals surface area contributed by atoms with Crippen LogP contribution in [0.4, 0.5) is 21.9 Å². The molecule has 0 aliphatic heterocycles. The fourth-order valence-electron chi connectivity index (χ4n) is 3.42. The minimum absolute atomic E-state index is 0.00158. The summed E-state index contributed by atoms with van der Waals surface area (Å²) in [5.41, 5.74) is 9.04. The van der Waals surface area contributed by atoms with Crippen molar-refractivity contribution in [3.05, 3.63) is 92.9 Å². The number of hydrogen-bond donors (Lipinski definition) is 4. The van der Waals surface area contributed by atoms with Gasteiger partial charge in [0.05, 0.1) is 15.8 Å². The van der Waals surface area contributed by atoms with Crippen molar-refractivity contribution in [1.82, 2.24) is 0 Å². The number of unbranched alkanes of at least 4 members (excludes halogenated alkanes) is 1. The number of nitrogens with two attached hydrogens (primary N) is 1. The molecule has 0 spiro atoms. The quantitative estimate of drug-likeness (QED) is 0.113. The number of ether oxygens (including phenoxy) is 1. The largest absolute Gasteiger partial charge is 0.506 e. The topological polar surface area (TPSA) is 114 Å². The molecule has 0 unspecified atom stereocenters. The highest BCUT2D eigenvalue weighted by Gasteiger charge is 2.22. The first-order chi connectivity index (χ1) is 17.2. The van der Waals surface area contributed by atoms with Gasteiger partial charge in [0.1, 0.15) is 11.9 Å². The molecule has 36 heavy (non-hydrogen) atoms. The number of anilines is 3. The van der Waals surface area contributed by atoms with E-state index in [-0.39, 0.29) is 11.7 Å². The Morgan fingerprint density at radius 1 is 1.08 bits per heavy atom. The lowest BCUT2D eigenvalue weighted by Crippen LogP contribution is -2.18. The number of para-hydroxylation sites is 2. The number of carbonyl (C=O) groups is 2. The molecular formula is C27H27Br2N3O4. The third kappa shape index (κ3) is 8.13. The Kier molecular flexibility index (Phi) is 9.95. The Balaban J connectivity index is 1.63. The summed E-state index contributed by atoms with van der Waals surface area (Å²) in [7, 11) is 0. The Labute approximate surface area is 227 Å². The van der Waals surface area contributed by atoms with Crippen LogP contribution in [0, 0.1) is 6.92 Å². The molecule has 3 aromatic rings. The van der Waals surface area contributed by atoms with Crippen molar-refractivity contribution in [2.75, 3.05) is 16.4 Å². The third-order valence-corrected chi connectivity index (χ3v) is 6.34. The van der Waals surface area contributed by atoms with Gasteiger partial charge in [0.15, 0.2) is 0 Å². The molecule has 0 bridgehead atoms. The highest BCUT2D eigenvalue weighted by molar-refractivity contribution is 9.11. The van der Waals surface area contributed by atoms with Gasteiger partial charge < -0.3 is 20.9 Å². The molecule has 2 amide bonds. The number of rotatable bonds is 9. The van der Waals surface area contributed by atoms with Crippen molar-refractivity contribution >= 4 is 60.9 Å². The van der Waals surface area contributed by atoms with Gasteiger partial charge in [-0.3, -0.25) is 10.1 Å². The molecule has 7 nitrogen and oxygen atoms in total. The molecule has 1 atom stereocenters. The molecule has 9 heteroatoms. The third-order valence-electron chi connectivity index (χ3n) is 5.28. The van der Waals surface area contributed by atoms with Crippen molar-refractivity contribution in [2.45, 2.75) is 32.3 Å². The SMILES string of the molecule is Cc1ccc(NC(=O)O[C@@H](CCC/C=C/C(=O)Nc2ccccc2N)c2cc(Br)cc(Br)c2O)cc1. The molecule has 0 aliphatic carbocycles. The number of amides is 2. The summed E-state index contributed by atoms with van der Waals surface area (Å²) in [6.45, 7) is 1.96. The summed E-state index contributed by atoms with van der Waals surface area (Å²) in [5.74, 6) is -0.284. The molecule has 0 aliphatic rings. The molecule has 0 radical (unpaired) electrons. The van der Waals surface area contributed by atoms with E-state index in [2.05, 4.69) is 42.5 Å². The van der Waals surface area contributed by atoms with Crippen LogP contribution in [0.1, 0.15) is 36.5 Å². The summed E-state index contributed by atoms with van der Waals surface area (Å²) in [6.07, 6.45) is 3.44. The lowest BCUT2D eigenvalue weighted by molar-refractivity contribution is -0.111. The molecule has 3 rings (SSSR count). The predicted octanol–water partition coefficient (Wildman–Crippen LogP) is 7.46. The van der Waals surface area contributed by atoms with Crippen molar-refractivity contribution in [2.24, 2.45) is 0 Å². The molecule has 0 saturated heterocycles. The molecule has 3 aromatic carbocycles. The molecule has 188 valence electrons. The fourth-order valence-corrected chi connectivity index (χ4v) is 4.68. The predicted molar refractivity (Wildman–Crippen MR) is 150 cm³/mol. The average Bonchev–Trinajstić information content (AvgIpc) is 2.83. The number of nitrogen functional groups attached to an aromatic ring is 1. The van der Waals surface area contributed by atoms with Crippen LogP contribution in [-0.4, -0.2) is 17.1 Å². The summed E-state index contributed by atoms with van der Waals surface area (Å²) < 4.78 is 6.92. The van der Waals surface area contributed by atoms with Gasteiger partial charge in [0, 0.05) is 15.7 Å². The van der Waals surface area contributed by atoms with Crippen LogP contribution in [0.15, 0.2) is 81.8 Å². The molecule has 0 fully saturated rings. The molecule has 0 saturated carbocycles. The summed E-state index contributed by atoms with van der Waals surface area (Å²) in [6, 6.07) is 17.8. The van der Waals surface area contributed by atoms with Crippen molar-refractivity contribution in [3.8, 4) is 5.75 Å². The standard InChI is InChI=1S/C27H27Br2N3O4/c1-17-11-13-19(14-12-17)31-27(35)36-24(20-15-18(28)16-21(29)26(20)34)9-3-2-4-10-25(33)32-23-8-6-5-7-22(23)30/h4-8,10-16,24,34H,2-3,9,30H2,1H3,(H,31,35)(H,32,33)/b10-4+/t24-/m0/s1. The zero-order chi connectivity index (χ0) is 26.1. The number of aryl methyl sites for hydroxylation is 1. The van der Waals surface area contributed by atoms with E-state index in [1.54, 1.807) is 54.6 Å². The van der Waals surface area contributed by atoms with Crippen molar-refractivity contribution in [1.29, 1.82) is 0 Å². The summed E-state index contributed by atoms with van der Waals surface area (Å²) in [4.78, 5) is 24.8. The van der Waals surface area contributed by atoms with Crippen LogP contribution >= 0.6 is 31.9 Å². The van der Waals surface area contributed by atoms with Crippen LogP contribution in [0.2, 0.25) is 0 Å². The highest BCUT2D eigenvalue weighted by Crippen LogP contribution is 2.38. The number of aromatic hydroxyl groups is 1. The van der Waals surface area contributed by atoms with Gasteiger partial charge >= 0.3 is 6.09 Å². The number of halogens is 2. The number of nitrogens with one attached hydrogen (secondary N) is 2. The fraction of sp³-hybridized carbons (Fsp3) is 0.185. The van der Waals surface area contributed by atoms with Crippen molar-refractivity contribution < 1.29 is 19.4 Å². The second-order valence-corrected chi connectivity index (χ2v) is 9.89. The van der Waals surface area contributed by atoms with E-state index in [1.165, 1.54) is 6.08 Å². The van der Waals surface area contributed by atoms with Gasteiger partial charge in [-0.25, -0.2) is 4.79 Å². The first-order valence-corrected chi connectivity index (χ1v) is 12.9. The van der Waals surface area contributed by atoms with Crippen LogP contribution < -0.4 is 16.4 Å². The van der Waals surface area contributed by atoms with Gasteiger partial charge in [0.2, 0.25) is 5.91 Å². The van der Waals surface area contributed by atoms with Crippen LogP contribution in [0.25, 0.3) is 0 Å². The van der Waals surface area contributed by atoms with E-state index in [9.17, 15) is 14.7 Å². The number of benzene rings is 3. The Morgan fingerprint density at radius 2 is 1.81 bits per heavy atom. The van der Waals surface area contributed by atoms with Crippen LogP contribution in [-0.2, 0) is 9.53 Å². The van der Waals surface area contributed by atoms with Gasteiger partial charge in [0.25, 0.3) is 0 Å². The molecule has 0 aromatic heterocycles. The van der Waals surface area contributed by atoms with Gasteiger partial charge in [-0.05, 0) is 84.6 Å². The minimum Gasteiger partial charge on any atom is -0.506 e. The molecule has 0 heterocycles. The summed E-state index contributed by atoms with van der Waals surface area (Å²) >= 11 is 6.75. The zero-order valence-electron chi connectivity index (χ0n) is 19.6. The van der Waals surface area contributed by atoms with Gasteiger partial charge in [-0.1, -0.05) is 51.8 Å². The van der Waals surface area contributed by atoms with Gasteiger partial charge in [-0.15, -0.1) is 0 Å². The van der Waals surface area contributed by atoms with E-state index in [4.69, 9.17) is 10.5 Å². The Morgan fingerprint density at radius 3 is 2.53 bits per heavy atom. The number of phenols is 1. The summed E-state index contributed by atoms with van der Waals surface area (Å²) in [5, 5.41) is 16.1.